The smallest absolute Gasteiger partial charge is 0.237 e. The molecule has 0 radical (unpaired) electrons. The summed E-state index contributed by atoms with van der Waals surface area (Å²) in [5.41, 5.74) is -0.138. The fraction of sp³-hybridized carbons (Fsp3) is 0.929. The van der Waals surface area contributed by atoms with Crippen LogP contribution in [0.15, 0.2) is 0 Å². The lowest BCUT2D eigenvalue weighted by atomic mass is 10.0. The van der Waals surface area contributed by atoms with Crippen LogP contribution in [0.2, 0.25) is 0 Å². The quantitative estimate of drug-likeness (QED) is 0.621. The van der Waals surface area contributed by atoms with E-state index in [9.17, 15) is 4.79 Å². The molecular formula is C14H30N2O2. The van der Waals surface area contributed by atoms with Crippen LogP contribution >= 0.6 is 0 Å². The molecule has 1 unspecified atom stereocenters. The van der Waals surface area contributed by atoms with E-state index in [1.54, 1.807) is 0 Å². The predicted molar refractivity (Wildman–Crippen MR) is 75.6 cm³/mol. The second kappa shape index (κ2) is 8.48. The molecule has 4 heteroatoms. The second-order valence-electron chi connectivity index (χ2n) is 5.87. The van der Waals surface area contributed by atoms with E-state index in [0.717, 1.165) is 13.0 Å². The van der Waals surface area contributed by atoms with Crippen molar-refractivity contribution >= 4 is 5.91 Å². The van der Waals surface area contributed by atoms with Gasteiger partial charge in [-0.15, -0.1) is 0 Å². The molecule has 0 saturated heterocycles. The molecule has 18 heavy (non-hydrogen) atoms. The Balaban J connectivity index is 3.75. The summed E-state index contributed by atoms with van der Waals surface area (Å²) in [6.45, 7) is 14.4. The molecule has 0 spiro atoms. The summed E-state index contributed by atoms with van der Waals surface area (Å²) in [7, 11) is 0. The van der Waals surface area contributed by atoms with Crippen LogP contribution in [-0.2, 0) is 9.53 Å². The van der Waals surface area contributed by atoms with Crippen LogP contribution < -0.4 is 10.6 Å². The first-order chi connectivity index (χ1) is 8.28. The van der Waals surface area contributed by atoms with Gasteiger partial charge in [0, 0.05) is 18.7 Å². The summed E-state index contributed by atoms with van der Waals surface area (Å²) in [5, 5.41) is 6.19. The first-order valence-electron chi connectivity index (χ1n) is 6.91. The molecule has 0 bridgehead atoms. The molecule has 0 aliphatic carbocycles. The van der Waals surface area contributed by atoms with Crippen molar-refractivity contribution in [3.05, 3.63) is 0 Å². The summed E-state index contributed by atoms with van der Waals surface area (Å²) in [5.74, 6) is 0.599. The van der Waals surface area contributed by atoms with Crippen LogP contribution in [0.5, 0.6) is 0 Å². The van der Waals surface area contributed by atoms with E-state index >= 15 is 0 Å². The molecule has 0 fully saturated rings. The van der Waals surface area contributed by atoms with Crippen molar-refractivity contribution in [3.8, 4) is 0 Å². The highest BCUT2D eigenvalue weighted by Crippen LogP contribution is 2.06. The molecule has 0 aromatic rings. The Labute approximate surface area is 112 Å². The molecule has 0 aliphatic rings. The highest BCUT2D eigenvalue weighted by molar-refractivity contribution is 5.81. The molecule has 0 aromatic carbocycles. The molecule has 0 aliphatic heterocycles. The third-order valence-electron chi connectivity index (χ3n) is 2.89. The molecule has 0 rings (SSSR count). The molecule has 0 heterocycles. The zero-order chi connectivity index (χ0) is 14.2. The fourth-order valence-electron chi connectivity index (χ4n) is 1.29. The van der Waals surface area contributed by atoms with Crippen LogP contribution in [0.3, 0.4) is 0 Å². The average Bonchev–Trinajstić information content (AvgIpc) is 2.27. The number of carbonyl (C=O) groups excluding carboxylic acids is 1. The van der Waals surface area contributed by atoms with Crippen molar-refractivity contribution in [3.63, 3.8) is 0 Å². The van der Waals surface area contributed by atoms with E-state index in [2.05, 4.69) is 31.4 Å². The van der Waals surface area contributed by atoms with Crippen LogP contribution in [0.4, 0.5) is 0 Å². The van der Waals surface area contributed by atoms with Crippen molar-refractivity contribution in [2.75, 3.05) is 19.8 Å². The lowest BCUT2D eigenvalue weighted by Crippen LogP contribution is -2.51. The number of amides is 1. The third kappa shape index (κ3) is 8.48. The topological polar surface area (TPSA) is 50.4 Å². The van der Waals surface area contributed by atoms with E-state index in [1.165, 1.54) is 0 Å². The number of rotatable bonds is 9. The van der Waals surface area contributed by atoms with Crippen LogP contribution in [0.1, 0.15) is 48.0 Å². The van der Waals surface area contributed by atoms with E-state index in [-0.39, 0.29) is 17.5 Å². The molecule has 4 nitrogen and oxygen atoms in total. The number of carbonyl (C=O) groups is 1. The van der Waals surface area contributed by atoms with Gasteiger partial charge in [-0.05, 0) is 33.1 Å². The highest BCUT2D eigenvalue weighted by Gasteiger charge is 2.21. The first-order valence-corrected chi connectivity index (χ1v) is 6.91. The number of nitrogens with one attached hydrogen (secondary N) is 2. The maximum absolute atomic E-state index is 11.9. The number of hydrogen-bond donors (Lipinski definition) is 2. The van der Waals surface area contributed by atoms with Crippen molar-refractivity contribution in [2.45, 2.75) is 59.5 Å². The van der Waals surface area contributed by atoms with Crippen LogP contribution in [-0.4, -0.2) is 37.2 Å². The van der Waals surface area contributed by atoms with Crippen molar-refractivity contribution in [1.82, 2.24) is 10.6 Å². The minimum Gasteiger partial charge on any atom is -0.380 e. The summed E-state index contributed by atoms with van der Waals surface area (Å²) < 4.78 is 5.45. The number of ether oxygens (including phenoxy) is 1. The van der Waals surface area contributed by atoms with E-state index in [1.807, 2.05) is 20.8 Å². The van der Waals surface area contributed by atoms with Gasteiger partial charge in [-0.25, -0.2) is 0 Å². The normalized spacial score (nSPS) is 13.7. The van der Waals surface area contributed by atoms with Crippen LogP contribution in [0.25, 0.3) is 0 Å². The maximum Gasteiger partial charge on any atom is 0.237 e. The van der Waals surface area contributed by atoms with Crippen molar-refractivity contribution < 1.29 is 9.53 Å². The van der Waals surface area contributed by atoms with E-state index < -0.39 is 0 Å². The maximum atomic E-state index is 11.9. The van der Waals surface area contributed by atoms with Gasteiger partial charge in [0.25, 0.3) is 0 Å². The molecule has 108 valence electrons. The van der Waals surface area contributed by atoms with Crippen molar-refractivity contribution in [2.24, 2.45) is 5.92 Å². The lowest BCUT2D eigenvalue weighted by molar-refractivity contribution is -0.124. The molecular weight excluding hydrogens is 228 g/mol. The third-order valence-corrected chi connectivity index (χ3v) is 2.89. The second-order valence-corrected chi connectivity index (χ2v) is 5.87. The summed E-state index contributed by atoms with van der Waals surface area (Å²) in [4.78, 5) is 11.9. The van der Waals surface area contributed by atoms with Gasteiger partial charge in [-0.1, -0.05) is 20.8 Å². The summed E-state index contributed by atoms with van der Waals surface area (Å²) >= 11 is 0. The van der Waals surface area contributed by atoms with Gasteiger partial charge in [0.2, 0.25) is 5.91 Å². The van der Waals surface area contributed by atoms with Gasteiger partial charge >= 0.3 is 0 Å². The minimum absolute atomic E-state index is 0.0470. The molecule has 2 N–H and O–H groups in total. The number of hydrogen-bond acceptors (Lipinski definition) is 3. The van der Waals surface area contributed by atoms with Gasteiger partial charge in [-0.2, -0.15) is 0 Å². The van der Waals surface area contributed by atoms with E-state index in [0.29, 0.717) is 19.1 Å². The summed E-state index contributed by atoms with van der Waals surface area (Å²) in [6.07, 6.45) is 0.920. The van der Waals surface area contributed by atoms with Crippen molar-refractivity contribution in [1.29, 1.82) is 0 Å². The van der Waals surface area contributed by atoms with Gasteiger partial charge in [-0.3, -0.25) is 4.79 Å². The zero-order valence-electron chi connectivity index (χ0n) is 12.8. The predicted octanol–water partition coefficient (Wildman–Crippen LogP) is 1.94. The average molecular weight is 258 g/mol. The Morgan fingerprint density at radius 2 is 1.89 bits per heavy atom. The first kappa shape index (κ1) is 17.4. The summed E-state index contributed by atoms with van der Waals surface area (Å²) in [6, 6.07) is -0.182. The Morgan fingerprint density at radius 1 is 1.28 bits per heavy atom. The standard InChI is InChI=1S/C14H30N2O2/c1-7-14(5,6)16-13(17)12(4)15-8-9-18-10-11(2)3/h11-12,15H,7-10H2,1-6H3,(H,16,17). The Morgan fingerprint density at radius 3 is 2.39 bits per heavy atom. The van der Waals surface area contributed by atoms with Gasteiger partial charge < -0.3 is 15.4 Å². The SMILES string of the molecule is CCC(C)(C)NC(=O)C(C)NCCOCC(C)C. The van der Waals surface area contributed by atoms with Gasteiger partial charge in [0.15, 0.2) is 0 Å². The zero-order valence-corrected chi connectivity index (χ0v) is 12.8. The fourth-order valence-corrected chi connectivity index (χ4v) is 1.29. The highest BCUT2D eigenvalue weighted by atomic mass is 16.5. The van der Waals surface area contributed by atoms with Crippen LogP contribution in [0, 0.1) is 5.92 Å². The molecule has 1 atom stereocenters. The van der Waals surface area contributed by atoms with Gasteiger partial charge in [0.1, 0.15) is 0 Å². The molecule has 1 amide bonds. The minimum atomic E-state index is -0.182. The Kier molecular flexibility index (Phi) is 8.20. The van der Waals surface area contributed by atoms with E-state index in [4.69, 9.17) is 4.74 Å². The monoisotopic (exact) mass is 258 g/mol. The molecule has 0 aromatic heterocycles. The Hall–Kier alpha value is -0.610. The molecule has 0 saturated carbocycles. The largest absolute Gasteiger partial charge is 0.380 e. The Bertz CT molecular complexity index is 240. The van der Waals surface area contributed by atoms with Gasteiger partial charge in [0.05, 0.1) is 12.6 Å². The lowest BCUT2D eigenvalue weighted by Gasteiger charge is -2.26.